The molecule has 1 saturated heterocycles. The third-order valence-corrected chi connectivity index (χ3v) is 4.91. The van der Waals surface area contributed by atoms with E-state index in [2.05, 4.69) is 18.3 Å². The molecule has 0 atom stereocenters. The number of para-hydroxylation sites is 1. The van der Waals surface area contributed by atoms with Gasteiger partial charge in [0.25, 0.3) is 0 Å². The van der Waals surface area contributed by atoms with Crippen LogP contribution in [0.5, 0.6) is 0 Å². The van der Waals surface area contributed by atoms with Gasteiger partial charge in [0.05, 0.1) is 0 Å². The number of rotatable bonds is 3. The number of amides is 2. The van der Waals surface area contributed by atoms with E-state index in [1.165, 1.54) is 12.5 Å². The highest BCUT2D eigenvalue weighted by Crippen LogP contribution is 2.28. The van der Waals surface area contributed by atoms with Gasteiger partial charge >= 0.3 is 6.09 Å². The maximum absolute atomic E-state index is 12.3. The van der Waals surface area contributed by atoms with Crippen molar-refractivity contribution in [3.05, 3.63) is 29.8 Å². The standard InChI is InChI=1S/C21H31N3O3S/c1-6-16-9-7-8-10-18(16)24(19(28)22-15(2)25)17-11-13-23(14-12-17)20(26)27-21(3,4)5/h7-10,17H,6,11-14H2,1-5H3,(H,22,25,28). The number of hydrogen-bond donors (Lipinski definition) is 1. The smallest absolute Gasteiger partial charge is 0.410 e. The largest absolute Gasteiger partial charge is 0.444 e. The number of benzene rings is 1. The summed E-state index contributed by atoms with van der Waals surface area (Å²) in [5.74, 6) is -0.185. The van der Waals surface area contributed by atoms with Crippen LogP contribution in [0.25, 0.3) is 0 Å². The Balaban J connectivity index is 2.18. The van der Waals surface area contributed by atoms with Crippen LogP contribution in [0.4, 0.5) is 10.5 Å². The average Bonchev–Trinajstić information content (AvgIpc) is 2.61. The zero-order chi connectivity index (χ0) is 20.9. The van der Waals surface area contributed by atoms with Gasteiger partial charge in [0.2, 0.25) is 5.91 Å². The second-order valence-electron chi connectivity index (χ2n) is 8.04. The summed E-state index contributed by atoms with van der Waals surface area (Å²) >= 11 is 5.56. The molecule has 0 radical (unpaired) electrons. The van der Waals surface area contributed by atoms with Crippen molar-refractivity contribution < 1.29 is 14.3 Å². The van der Waals surface area contributed by atoms with Crippen molar-refractivity contribution >= 4 is 35.0 Å². The number of hydrogen-bond acceptors (Lipinski definition) is 4. The van der Waals surface area contributed by atoms with Gasteiger partial charge in [-0.3, -0.25) is 4.79 Å². The van der Waals surface area contributed by atoms with Gasteiger partial charge in [-0.15, -0.1) is 0 Å². The summed E-state index contributed by atoms with van der Waals surface area (Å²) in [6.07, 6.45) is 2.08. The molecular weight excluding hydrogens is 374 g/mol. The number of carbonyl (C=O) groups excluding carboxylic acids is 2. The van der Waals surface area contributed by atoms with Crippen LogP contribution in [-0.2, 0) is 16.0 Å². The van der Waals surface area contributed by atoms with E-state index >= 15 is 0 Å². The molecular formula is C21H31N3O3S. The molecule has 1 aliphatic heterocycles. The predicted octanol–water partition coefficient (Wildman–Crippen LogP) is 3.88. The first-order valence-corrected chi connectivity index (χ1v) is 10.2. The summed E-state index contributed by atoms with van der Waals surface area (Å²) in [4.78, 5) is 27.7. The van der Waals surface area contributed by atoms with Crippen LogP contribution in [0.1, 0.15) is 53.0 Å². The van der Waals surface area contributed by atoms with Crippen molar-refractivity contribution in [2.45, 2.75) is 65.5 Å². The highest BCUT2D eigenvalue weighted by molar-refractivity contribution is 7.80. The second kappa shape index (κ2) is 9.37. The highest BCUT2D eigenvalue weighted by atomic mass is 32.1. The average molecular weight is 406 g/mol. The Hall–Kier alpha value is -2.15. The molecule has 0 aliphatic carbocycles. The first-order valence-electron chi connectivity index (χ1n) is 9.79. The summed E-state index contributed by atoms with van der Waals surface area (Å²) in [6.45, 7) is 10.3. The van der Waals surface area contributed by atoms with Crippen LogP contribution in [0.2, 0.25) is 0 Å². The fraction of sp³-hybridized carbons (Fsp3) is 0.571. The molecule has 0 saturated carbocycles. The molecule has 1 heterocycles. The van der Waals surface area contributed by atoms with Crippen LogP contribution < -0.4 is 10.2 Å². The molecule has 7 heteroatoms. The van der Waals surface area contributed by atoms with Crippen molar-refractivity contribution in [3.63, 3.8) is 0 Å². The fourth-order valence-electron chi connectivity index (χ4n) is 3.36. The molecule has 0 aromatic heterocycles. The lowest BCUT2D eigenvalue weighted by atomic mass is 10.0. The van der Waals surface area contributed by atoms with Crippen LogP contribution in [0.15, 0.2) is 24.3 Å². The first-order chi connectivity index (χ1) is 13.1. The third-order valence-electron chi connectivity index (χ3n) is 4.62. The second-order valence-corrected chi connectivity index (χ2v) is 8.42. The molecule has 154 valence electrons. The highest BCUT2D eigenvalue weighted by Gasteiger charge is 2.32. The van der Waals surface area contributed by atoms with Gasteiger partial charge in [0.1, 0.15) is 5.60 Å². The van der Waals surface area contributed by atoms with Crippen molar-refractivity contribution in [1.29, 1.82) is 0 Å². The molecule has 1 fully saturated rings. The van der Waals surface area contributed by atoms with Crippen LogP contribution in [-0.4, -0.2) is 46.7 Å². The van der Waals surface area contributed by atoms with Gasteiger partial charge in [0.15, 0.2) is 5.11 Å². The fourth-order valence-corrected chi connectivity index (χ4v) is 3.75. The van der Waals surface area contributed by atoms with Crippen LogP contribution in [0, 0.1) is 0 Å². The lowest BCUT2D eigenvalue weighted by Gasteiger charge is -2.40. The lowest BCUT2D eigenvalue weighted by Crippen LogP contribution is -2.53. The van der Waals surface area contributed by atoms with E-state index < -0.39 is 5.60 Å². The Morgan fingerprint density at radius 2 is 1.86 bits per heavy atom. The minimum Gasteiger partial charge on any atom is -0.444 e. The minimum atomic E-state index is -0.507. The molecule has 6 nitrogen and oxygen atoms in total. The summed E-state index contributed by atoms with van der Waals surface area (Å²) in [5, 5.41) is 3.17. The normalized spacial score (nSPS) is 15.1. The number of carbonyl (C=O) groups is 2. The maximum atomic E-state index is 12.3. The molecule has 28 heavy (non-hydrogen) atoms. The maximum Gasteiger partial charge on any atom is 0.410 e. The Labute approximate surface area is 173 Å². The van der Waals surface area contributed by atoms with Crippen molar-refractivity contribution in [2.24, 2.45) is 0 Å². The lowest BCUT2D eigenvalue weighted by molar-refractivity contribution is -0.117. The number of piperidine rings is 1. The number of anilines is 1. The number of thiocarbonyl (C=S) groups is 1. The van der Waals surface area contributed by atoms with Crippen LogP contribution >= 0.6 is 12.2 Å². The Morgan fingerprint density at radius 1 is 1.25 bits per heavy atom. The van der Waals surface area contributed by atoms with E-state index in [4.69, 9.17) is 17.0 Å². The molecule has 1 aliphatic rings. The van der Waals surface area contributed by atoms with Gasteiger partial charge in [-0.1, -0.05) is 25.1 Å². The molecule has 0 spiro atoms. The molecule has 0 bridgehead atoms. The van der Waals surface area contributed by atoms with E-state index in [0.29, 0.717) is 18.2 Å². The monoisotopic (exact) mass is 405 g/mol. The van der Waals surface area contributed by atoms with Crippen molar-refractivity contribution in [1.82, 2.24) is 10.2 Å². The quantitative estimate of drug-likeness (QED) is 0.774. The van der Waals surface area contributed by atoms with E-state index in [1.54, 1.807) is 4.90 Å². The zero-order valence-corrected chi connectivity index (χ0v) is 18.3. The van der Waals surface area contributed by atoms with Gasteiger partial charge in [-0.25, -0.2) is 4.79 Å². The Morgan fingerprint density at radius 3 is 2.39 bits per heavy atom. The van der Waals surface area contributed by atoms with Gasteiger partial charge in [-0.2, -0.15) is 0 Å². The number of ether oxygens (including phenoxy) is 1. The topological polar surface area (TPSA) is 61.9 Å². The molecule has 2 rings (SSSR count). The third kappa shape index (κ3) is 5.92. The molecule has 1 aromatic carbocycles. The van der Waals surface area contributed by atoms with Gasteiger partial charge < -0.3 is 19.9 Å². The molecule has 0 unspecified atom stereocenters. The predicted molar refractivity (Wildman–Crippen MR) is 116 cm³/mol. The van der Waals surface area contributed by atoms with Crippen molar-refractivity contribution in [2.75, 3.05) is 18.0 Å². The van der Waals surface area contributed by atoms with Gasteiger partial charge in [0, 0.05) is 31.7 Å². The Bertz CT molecular complexity index is 722. The number of aryl methyl sites for hydroxylation is 1. The molecule has 2 amide bonds. The molecule has 1 N–H and O–H groups in total. The van der Waals surface area contributed by atoms with Gasteiger partial charge in [-0.05, 0) is 63.9 Å². The van der Waals surface area contributed by atoms with E-state index in [-0.39, 0.29) is 18.0 Å². The van der Waals surface area contributed by atoms with E-state index in [9.17, 15) is 9.59 Å². The SMILES string of the molecule is CCc1ccccc1N(C(=S)NC(C)=O)C1CCN(C(=O)OC(C)(C)C)CC1. The number of likely N-dealkylation sites (tertiary alicyclic amines) is 1. The van der Waals surface area contributed by atoms with Crippen molar-refractivity contribution in [3.8, 4) is 0 Å². The number of nitrogens with zero attached hydrogens (tertiary/aromatic N) is 2. The summed E-state index contributed by atoms with van der Waals surface area (Å²) in [6, 6.07) is 8.20. The van der Waals surface area contributed by atoms with Crippen LogP contribution in [0.3, 0.4) is 0 Å². The minimum absolute atomic E-state index is 0.103. The summed E-state index contributed by atoms with van der Waals surface area (Å²) in [5.41, 5.74) is 1.68. The van der Waals surface area contributed by atoms with E-state index in [1.807, 2.05) is 43.9 Å². The zero-order valence-electron chi connectivity index (χ0n) is 17.4. The first kappa shape index (κ1) is 22.1. The summed E-state index contributed by atoms with van der Waals surface area (Å²) < 4.78 is 5.48. The molecule has 1 aromatic rings. The number of nitrogens with one attached hydrogen (secondary N) is 1. The Kier molecular flexibility index (Phi) is 7.41. The van der Waals surface area contributed by atoms with E-state index in [0.717, 1.165) is 24.9 Å². The summed E-state index contributed by atoms with van der Waals surface area (Å²) in [7, 11) is 0.